The number of benzene rings is 1. The average molecular weight is 546 g/mol. The number of carbonyl (C=O) groups excluding carboxylic acids is 2. The summed E-state index contributed by atoms with van der Waals surface area (Å²) in [7, 11) is 0. The van der Waals surface area contributed by atoms with Gasteiger partial charge in [0, 0.05) is 53.0 Å². The van der Waals surface area contributed by atoms with Crippen molar-refractivity contribution in [2.75, 3.05) is 5.32 Å². The lowest BCUT2D eigenvalue weighted by Crippen LogP contribution is -2.46. The number of aromatic nitrogens is 7. The van der Waals surface area contributed by atoms with Gasteiger partial charge in [0.25, 0.3) is 5.91 Å². The summed E-state index contributed by atoms with van der Waals surface area (Å²) in [5.41, 5.74) is 5.63. The molecular formula is C30H27N9O2. The summed E-state index contributed by atoms with van der Waals surface area (Å²) in [6.45, 7) is 3.64. The van der Waals surface area contributed by atoms with Crippen LogP contribution < -0.4 is 5.32 Å². The highest BCUT2D eigenvalue weighted by Gasteiger charge is 2.46. The van der Waals surface area contributed by atoms with Crippen molar-refractivity contribution < 1.29 is 9.59 Å². The lowest BCUT2D eigenvalue weighted by Gasteiger charge is -2.42. The Morgan fingerprint density at radius 2 is 1.93 bits per heavy atom. The monoisotopic (exact) mass is 545 g/mol. The number of fused-ring (bicyclic) bond motifs is 3. The molecule has 0 aliphatic carbocycles. The molecule has 2 aliphatic rings. The number of hydrogen-bond donors (Lipinski definition) is 2. The maximum absolute atomic E-state index is 13.2. The first-order valence-corrected chi connectivity index (χ1v) is 13.5. The molecule has 0 spiro atoms. The molecule has 2 amide bonds. The topological polar surface area (TPSA) is 134 Å². The van der Waals surface area contributed by atoms with Crippen LogP contribution in [0.15, 0.2) is 79.0 Å². The average Bonchev–Trinajstić information content (AvgIpc) is 3.72. The van der Waals surface area contributed by atoms with Gasteiger partial charge in [-0.1, -0.05) is 49.4 Å². The van der Waals surface area contributed by atoms with Gasteiger partial charge in [0.1, 0.15) is 12.1 Å². The minimum absolute atomic E-state index is 0.0253. The molecular weight excluding hydrogens is 518 g/mol. The molecule has 1 aromatic carbocycles. The van der Waals surface area contributed by atoms with Crippen LogP contribution in [0.4, 0.5) is 5.82 Å². The lowest BCUT2D eigenvalue weighted by atomic mass is 9.74. The van der Waals surface area contributed by atoms with Crippen molar-refractivity contribution in [1.82, 2.24) is 39.7 Å². The molecule has 6 heterocycles. The molecule has 2 aliphatic heterocycles. The van der Waals surface area contributed by atoms with Gasteiger partial charge in [-0.05, 0) is 25.3 Å². The van der Waals surface area contributed by atoms with Gasteiger partial charge in [0.2, 0.25) is 11.7 Å². The highest BCUT2D eigenvalue weighted by Crippen LogP contribution is 2.47. The van der Waals surface area contributed by atoms with Crippen molar-refractivity contribution in [2.45, 2.75) is 44.6 Å². The number of piperidine rings is 1. The molecule has 1 saturated heterocycles. The molecule has 41 heavy (non-hydrogen) atoms. The van der Waals surface area contributed by atoms with E-state index >= 15 is 0 Å². The number of nitrogens with zero attached hydrogens (tertiary/aromatic N) is 7. The Morgan fingerprint density at radius 1 is 1.07 bits per heavy atom. The zero-order chi connectivity index (χ0) is 28.1. The molecule has 2 N–H and O–H groups in total. The second kappa shape index (κ2) is 9.47. The van der Waals surface area contributed by atoms with Crippen molar-refractivity contribution >= 4 is 23.3 Å². The Kier molecular flexibility index (Phi) is 5.74. The predicted octanol–water partition coefficient (Wildman–Crippen LogP) is 4.38. The number of amides is 2. The molecule has 204 valence electrons. The minimum Gasteiger partial charge on any atom is -0.311 e. The van der Waals surface area contributed by atoms with Gasteiger partial charge >= 0.3 is 0 Å². The second-order valence-electron chi connectivity index (χ2n) is 10.8. The van der Waals surface area contributed by atoms with Crippen LogP contribution in [-0.2, 0) is 10.2 Å². The molecule has 11 nitrogen and oxygen atoms in total. The molecule has 7 rings (SSSR count). The van der Waals surface area contributed by atoms with Gasteiger partial charge in [-0.2, -0.15) is 14.7 Å². The fourth-order valence-electron chi connectivity index (χ4n) is 6.03. The van der Waals surface area contributed by atoms with E-state index in [1.54, 1.807) is 10.7 Å². The van der Waals surface area contributed by atoms with E-state index in [0.29, 0.717) is 24.3 Å². The molecule has 5 aromatic rings. The molecule has 0 radical (unpaired) electrons. The number of H-pyrrole nitrogens is 1. The van der Waals surface area contributed by atoms with E-state index in [9.17, 15) is 9.59 Å². The van der Waals surface area contributed by atoms with Crippen LogP contribution in [0.25, 0.3) is 28.0 Å². The van der Waals surface area contributed by atoms with Gasteiger partial charge < -0.3 is 10.2 Å². The Labute approximate surface area is 235 Å². The second-order valence-corrected chi connectivity index (χ2v) is 10.8. The number of hydrogen-bond acceptors (Lipinski definition) is 7. The normalized spacial score (nSPS) is 19.8. The Bertz CT molecular complexity index is 1810. The van der Waals surface area contributed by atoms with E-state index in [2.05, 4.69) is 38.6 Å². The van der Waals surface area contributed by atoms with Gasteiger partial charge in [-0.25, -0.2) is 9.97 Å². The third kappa shape index (κ3) is 4.26. The summed E-state index contributed by atoms with van der Waals surface area (Å²) in [5, 5.41) is 14.0. The first kappa shape index (κ1) is 24.8. The number of pyridine rings is 1. The Balaban J connectivity index is 1.27. The quantitative estimate of drug-likeness (QED) is 0.335. The lowest BCUT2D eigenvalue weighted by molar-refractivity contribution is -0.114. The van der Waals surface area contributed by atoms with Crippen molar-refractivity contribution in [2.24, 2.45) is 0 Å². The number of nitrogens with one attached hydrogen (secondary N) is 2. The van der Waals surface area contributed by atoms with E-state index in [1.165, 1.54) is 13.3 Å². The summed E-state index contributed by atoms with van der Waals surface area (Å²) >= 11 is 0. The number of allylic oxidation sites excluding steroid dienone is 1. The first-order valence-electron chi connectivity index (χ1n) is 13.5. The van der Waals surface area contributed by atoms with Crippen LogP contribution in [0.2, 0.25) is 0 Å². The highest BCUT2D eigenvalue weighted by atomic mass is 16.2. The van der Waals surface area contributed by atoms with Crippen molar-refractivity contribution in [3.8, 4) is 22.4 Å². The van der Waals surface area contributed by atoms with E-state index in [4.69, 9.17) is 9.97 Å². The Morgan fingerprint density at radius 3 is 2.63 bits per heavy atom. The third-order valence-electron chi connectivity index (χ3n) is 7.93. The zero-order valence-corrected chi connectivity index (χ0v) is 22.6. The molecule has 2 atom stereocenters. The van der Waals surface area contributed by atoms with Crippen molar-refractivity contribution in [1.29, 1.82) is 0 Å². The molecule has 11 heteroatoms. The van der Waals surface area contributed by atoms with E-state index in [-0.39, 0.29) is 29.1 Å². The molecule has 0 unspecified atom stereocenters. The van der Waals surface area contributed by atoms with Crippen LogP contribution in [0.5, 0.6) is 0 Å². The number of aromatic amines is 1. The third-order valence-corrected chi connectivity index (χ3v) is 7.93. The highest BCUT2D eigenvalue weighted by molar-refractivity contribution is 5.92. The molecule has 0 saturated carbocycles. The van der Waals surface area contributed by atoms with E-state index < -0.39 is 0 Å². The summed E-state index contributed by atoms with van der Waals surface area (Å²) in [5.74, 6) is 0.398. The van der Waals surface area contributed by atoms with Crippen molar-refractivity contribution in [3.05, 3.63) is 90.5 Å². The molecule has 1 fully saturated rings. The summed E-state index contributed by atoms with van der Waals surface area (Å²) in [6, 6.07) is 15.9. The van der Waals surface area contributed by atoms with Gasteiger partial charge in [0.05, 0.1) is 17.6 Å². The van der Waals surface area contributed by atoms with Gasteiger partial charge in [-0.3, -0.25) is 19.7 Å². The standard InChI is InChI=1S/C30H27N9O2/c1-18(40)35-26-12-25(30(2)13-21-9-10-22(14-30)38(21)29(41)27-32-17-33-37-27)36-28-23(16-34-39(26)28)20-8-11-24(31-15-20)19-6-4-3-5-7-19/h3-9,11-12,15-17,22H,10,13-14H2,1-2H3,(H,35,40)(H,32,33,37)/t22-,30+/m1/s1. The fourth-order valence-corrected chi connectivity index (χ4v) is 6.03. The molecule has 4 aromatic heterocycles. The van der Waals surface area contributed by atoms with Crippen LogP contribution in [0.1, 0.15) is 49.4 Å². The van der Waals surface area contributed by atoms with Crippen LogP contribution >= 0.6 is 0 Å². The van der Waals surface area contributed by atoms with Crippen LogP contribution in [0.3, 0.4) is 0 Å². The summed E-state index contributed by atoms with van der Waals surface area (Å²) < 4.78 is 1.66. The largest absolute Gasteiger partial charge is 0.311 e. The number of rotatable bonds is 5. The first-order chi connectivity index (χ1) is 19.9. The zero-order valence-electron chi connectivity index (χ0n) is 22.6. The number of carbonyl (C=O) groups is 2. The summed E-state index contributed by atoms with van der Waals surface area (Å²) in [4.78, 5) is 41.1. The van der Waals surface area contributed by atoms with E-state index in [0.717, 1.165) is 40.2 Å². The van der Waals surface area contributed by atoms with Gasteiger partial charge in [0.15, 0.2) is 5.65 Å². The Hall–Kier alpha value is -5.19. The minimum atomic E-state index is -0.378. The van der Waals surface area contributed by atoms with E-state index in [1.807, 2.05) is 59.6 Å². The fraction of sp³-hybridized carbons (Fsp3) is 0.233. The SMILES string of the molecule is CC(=O)Nc1cc([C@@]2(C)CC3=CC[C@H](C2)N3C(=O)c2ncn[nH]2)nc2c(-c3ccc(-c4ccccc4)nc3)cnn12. The van der Waals surface area contributed by atoms with Crippen LogP contribution in [0, 0.1) is 0 Å². The van der Waals surface area contributed by atoms with Crippen molar-refractivity contribution in [3.63, 3.8) is 0 Å². The summed E-state index contributed by atoms with van der Waals surface area (Å²) in [6.07, 6.45) is 9.13. The van der Waals surface area contributed by atoms with Crippen LogP contribution in [-0.4, -0.2) is 57.5 Å². The maximum Gasteiger partial charge on any atom is 0.295 e. The smallest absolute Gasteiger partial charge is 0.295 e. The number of anilines is 1. The molecule has 2 bridgehead atoms. The maximum atomic E-state index is 13.2. The van der Waals surface area contributed by atoms with Gasteiger partial charge in [-0.15, -0.1) is 0 Å². The predicted molar refractivity (Wildman–Crippen MR) is 152 cm³/mol.